The quantitative estimate of drug-likeness (QED) is 0.0321. The third-order valence-corrected chi connectivity index (χ3v) is 14.2. The van der Waals surface area contributed by atoms with Crippen molar-refractivity contribution in [1.29, 1.82) is 0 Å². The van der Waals surface area contributed by atoms with E-state index < -0.39 is 12.1 Å². The van der Waals surface area contributed by atoms with E-state index in [0.717, 1.165) is 57.8 Å². The lowest BCUT2D eigenvalue weighted by molar-refractivity contribution is -0.143. The van der Waals surface area contributed by atoms with Gasteiger partial charge in [0.25, 0.3) is 0 Å². The van der Waals surface area contributed by atoms with Crippen molar-refractivity contribution in [1.82, 2.24) is 5.32 Å². The summed E-state index contributed by atoms with van der Waals surface area (Å²) in [6.45, 7) is 4.95. The monoisotopic (exact) mass is 958 g/mol. The smallest absolute Gasteiger partial charge is 0.305 e. The van der Waals surface area contributed by atoms with E-state index in [0.29, 0.717) is 25.9 Å². The van der Waals surface area contributed by atoms with E-state index in [2.05, 4.69) is 43.5 Å². The third kappa shape index (κ3) is 53.7. The van der Waals surface area contributed by atoms with E-state index in [9.17, 15) is 19.8 Å². The van der Waals surface area contributed by atoms with Gasteiger partial charge in [-0.15, -0.1) is 0 Å². The second kappa shape index (κ2) is 57.9. The lowest BCUT2D eigenvalue weighted by Crippen LogP contribution is -2.45. The van der Waals surface area contributed by atoms with Gasteiger partial charge in [-0.1, -0.05) is 269 Å². The number of aliphatic hydroxyl groups is 2. The average molecular weight is 959 g/mol. The van der Waals surface area contributed by atoms with Crippen LogP contribution < -0.4 is 5.32 Å². The number of carbonyl (C=O) groups excluding carboxylic acids is 2. The Labute approximate surface area is 424 Å². The number of hydrogen-bond donors (Lipinski definition) is 3. The number of aliphatic hydroxyl groups excluding tert-OH is 2. The van der Waals surface area contributed by atoms with Crippen molar-refractivity contribution < 1.29 is 24.5 Å². The molecular formula is C62H119NO5. The highest BCUT2D eigenvalue weighted by atomic mass is 16.5. The van der Waals surface area contributed by atoms with Gasteiger partial charge in [-0.25, -0.2) is 0 Å². The molecule has 6 heteroatoms. The summed E-state index contributed by atoms with van der Waals surface area (Å²) in [6.07, 6.45) is 70.3. The van der Waals surface area contributed by atoms with Crippen molar-refractivity contribution in [3.63, 3.8) is 0 Å². The van der Waals surface area contributed by atoms with E-state index in [1.54, 1.807) is 0 Å². The number of carbonyl (C=O) groups is 2. The molecule has 2 atom stereocenters. The molecule has 0 spiro atoms. The molecule has 0 aromatic carbocycles. The number of nitrogens with one attached hydrogen (secondary N) is 1. The van der Waals surface area contributed by atoms with Crippen LogP contribution in [0.2, 0.25) is 0 Å². The van der Waals surface area contributed by atoms with Gasteiger partial charge in [0.2, 0.25) is 5.91 Å². The van der Waals surface area contributed by atoms with Crippen LogP contribution >= 0.6 is 0 Å². The number of hydrogen-bond acceptors (Lipinski definition) is 5. The highest BCUT2D eigenvalue weighted by Gasteiger charge is 2.20. The Morgan fingerprint density at radius 1 is 0.397 bits per heavy atom. The van der Waals surface area contributed by atoms with Crippen molar-refractivity contribution in [3.8, 4) is 0 Å². The zero-order valence-corrected chi connectivity index (χ0v) is 45.9. The van der Waals surface area contributed by atoms with Crippen molar-refractivity contribution >= 4 is 11.9 Å². The number of unbranched alkanes of at least 4 members (excludes halogenated alkanes) is 42. The Hall–Kier alpha value is -1.66. The third-order valence-electron chi connectivity index (χ3n) is 14.2. The molecule has 0 saturated heterocycles. The van der Waals surface area contributed by atoms with Crippen LogP contribution in [0.15, 0.2) is 24.3 Å². The molecule has 402 valence electrons. The standard InChI is InChI=1S/C62H119NO5/c1-3-5-7-9-11-13-15-17-19-21-23-26-30-34-38-42-46-50-54-60(65)59(58-64)63-61(66)55-51-47-43-39-35-31-27-24-22-25-29-33-37-41-45-49-53-57-68-62(67)56-52-48-44-40-36-32-28-20-18-16-14-12-10-8-6-4-2/h20,22,25,28,59-60,64-65H,3-19,21,23-24,26-27,29-58H2,1-2H3,(H,63,66)/b25-22-,28-20-. The number of rotatable bonds is 57. The van der Waals surface area contributed by atoms with Crippen LogP contribution in [0.5, 0.6) is 0 Å². The largest absolute Gasteiger partial charge is 0.466 e. The number of esters is 1. The zero-order chi connectivity index (χ0) is 49.3. The second-order valence-electron chi connectivity index (χ2n) is 21.0. The van der Waals surface area contributed by atoms with Gasteiger partial charge in [0.15, 0.2) is 0 Å². The van der Waals surface area contributed by atoms with E-state index in [1.807, 2.05) is 0 Å². The van der Waals surface area contributed by atoms with Crippen molar-refractivity contribution in [2.75, 3.05) is 13.2 Å². The molecule has 68 heavy (non-hydrogen) atoms. The fraction of sp³-hybridized carbons (Fsp3) is 0.903. The van der Waals surface area contributed by atoms with Gasteiger partial charge >= 0.3 is 5.97 Å². The normalized spacial score (nSPS) is 12.7. The predicted octanol–water partition coefficient (Wildman–Crippen LogP) is 19.0. The maximum atomic E-state index is 12.5. The molecule has 0 radical (unpaired) electrons. The summed E-state index contributed by atoms with van der Waals surface area (Å²) in [5.41, 5.74) is 0. The molecule has 0 aliphatic carbocycles. The summed E-state index contributed by atoms with van der Waals surface area (Å²) in [5, 5.41) is 23.3. The van der Waals surface area contributed by atoms with Crippen molar-refractivity contribution in [2.45, 2.75) is 347 Å². The molecule has 0 aliphatic rings. The Balaban J connectivity index is 3.45. The van der Waals surface area contributed by atoms with Gasteiger partial charge in [-0.2, -0.15) is 0 Å². The average Bonchev–Trinajstić information content (AvgIpc) is 3.34. The molecule has 0 saturated carbocycles. The molecule has 0 rings (SSSR count). The highest BCUT2D eigenvalue weighted by molar-refractivity contribution is 5.76. The van der Waals surface area contributed by atoms with Crippen LogP contribution in [0.4, 0.5) is 0 Å². The van der Waals surface area contributed by atoms with Gasteiger partial charge < -0.3 is 20.3 Å². The molecule has 0 fully saturated rings. The maximum Gasteiger partial charge on any atom is 0.305 e. The van der Waals surface area contributed by atoms with Crippen molar-refractivity contribution in [2.24, 2.45) is 0 Å². The van der Waals surface area contributed by atoms with Gasteiger partial charge in [0.1, 0.15) is 0 Å². The Kier molecular flexibility index (Phi) is 56.5. The summed E-state index contributed by atoms with van der Waals surface area (Å²) in [6, 6.07) is -0.551. The lowest BCUT2D eigenvalue weighted by Gasteiger charge is -2.22. The van der Waals surface area contributed by atoms with Crippen LogP contribution in [0.25, 0.3) is 0 Å². The van der Waals surface area contributed by atoms with Crippen LogP contribution in [-0.2, 0) is 14.3 Å². The minimum atomic E-state index is -0.673. The first kappa shape index (κ1) is 66.3. The zero-order valence-electron chi connectivity index (χ0n) is 45.9. The molecule has 0 bridgehead atoms. The Morgan fingerprint density at radius 3 is 1.04 bits per heavy atom. The first-order valence-corrected chi connectivity index (χ1v) is 30.6. The summed E-state index contributed by atoms with van der Waals surface area (Å²) in [4.78, 5) is 24.6. The van der Waals surface area contributed by atoms with Gasteiger partial charge in [-0.3, -0.25) is 9.59 Å². The van der Waals surface area contributed by atoms with Gasteiger partial charge in [0, 0.05) is 12.8 Å². The fourth-order valence-corrected chi connectivity index (χ4v) is 9.51. The first-order valence-electron chi connectivity index (χ1n) is 30.6. The molecular weight excluding hydrogens is 839 g/mol. The van der Waals surface area contributed by atoms with Crippen LogP contribution in [-0.4, -0.2) is 47.4 Å². The first-order chi connectivity index (χ1) is 33.5. The predicted molar refractivity (Wildman–Crippen MR) is 296 cm³/mol. The van der Waals surface area contributed by atoms with Crippen molar-refractivity contribution in [3.05, 3.63) is 24.3 Å². The summed E-state index contributed by atoms with van der Waals surface area (Å²) >= 11 is 0. The van der Waals surface area contributed by atoms with E-state index >= 15 is 0 Å². The van der Waals surface area contributed by atoms with Gasteiger partial charge in [-0.05, 0) is 77.0 Å². The molecule has 0 aliphatic heterocycles. The molecule has 1 amide bonds. The molecule has 3 N–H and O–H groups in total. The Morgan fingerprint density at radius 2 is 0.691 bits per heavy atom. The van der Waals surface area contributed by atoms with Crippen LogP contribution in [0.3, 0.4) is 0 Å². The molecule has 2 unspecified atom stereocenters. The lowest BCUT2D eigenvalue weighted by atomic mass is 10.0. The van der Waals surface area contributed by atoms with E-state index in [1.165, 1.54) is 244 Å². The van der Waals surface area contributed by atoms with Crippen LogP contribution in [0, 0.1) is 0 Å². The van der Waals surface area contributed by atoms with Crippen LogP contribution in [0.1, 0.15) is 335 Å². The summed E-state index contributed by atoms with van der Waals surface area (Å²) in [5.74, 6) is -0.0534. The molecule has 0 heterocycles. The number of ether oxygens (including phenoxy) is 1. The van der Waals surface area contributed by atoms with E-state index in [-0.39, 0.29) is 18.5 Å². The topological polar surface area (TPSA) is 95.9 Å². The molecule has 0 aromatic rings. The summed E-state index contributed by atoms with van der Waals surface area (Å²) in [7, 11) is 0. The molecule has 6 nitrogen and oxygen atoms in total. The number of amides is 1. The Bertz CT molecular complexity index is 1060. The SMILES string of the molecule is CCCCCCCCC/C=C\CCCCCCCC(=O)OCCCCCCCC/C=C\CCCCCCCCCC(=O)NC(CO)C(O)CCCCCCCCCCCCCCCCCCCC. The minimum absolute atomic E-state index is 0.00862. The maximum absolute atomic E-state index is 12.5. The molecule has 0 aromatic heterocycles. The second-order valence-corrected chi connectivity index (χ2v) is 21.0. The highest BCUT2D eigenvalue weighted by Crippen LogP contribution is 2.17. The fourth-order valence-electron chi connectivity index (χ4n) is 9.51. The minimum Gasteiger partial charge on any atom is -0.466 e. The van der Waals surface area contributed by atoms with E-state index in [4.69, 9.17) is 4.74 Å². The van der Waals surface area contributed by atoms with Gasteiger partial charge in [0.05, 0.1) is 25.4 Å². The summed E-state index contributed by atoms with van der Waals surface area (Å²) < 4.78 is 5.47. The number of allylic oxidation sites excluding steroid dienone is 4.